The number of hydrogen-bond acceptors (Lipinski definition) is 2. The van der Waals surface area contributed by atoms with Crippen LogP contribution in [0.1, 0.15) is 49.5 Å². The van der Waals surface area contributed by atoms with Crippen molar-refractivity contribution in [2.45, 2.75) is 44.6 Å². The summed E-state index contributed by atoms with van der Waals surface area (Å²) in [5, 5.41) is 11.6. The Bertz CT molecular complexity index is 555. The van der Waals surface area contributed by atoms with Crippen LogP contribution in [0, 0.1) is 11.7 Å². The Labute approximate surface area is 117 Å². The van der Waals surface area contributed by atoms with Gasteiger partial charge in [-0.3, -0.25) is 0 Å². The minimum Gasteiger partial charge on any atom is -0.387 e. The van der Waals surface area contributed by atoms with E-state index in [0.29, 0.717) is 5.92 Å². The maximum Gasteiger partial charge on any atom is 0.124 e. The van der Waals surface area contributed by atoms with Gasteiger partial charge in [-0.15, -0.1) is 11.3 Å². The van der Waals surface area contributed by atoms with Crippen LogP contribution in [0.5, 0.6) is 0 Å². The minimum atomic E-state index is -0.376. The van der Waals surface area contributed by atoms with Gasteiger partial charge in [0.25, 0.3) is 0 Å². The SMILES string of the molecule is OC(c1cc2ccc(F)cc2s1)C1CCCCCC1. The summed E-state index contributed by atoms with van der Waals surface area (Å²) in [6.07, 6.45) is 6.89. The third-order valence-corrected chi connectivity index (χ3v) is 5.31. The van der Waals surface area contributed by atoms with E-state index in [2.05, 4.69) is 0 Å². The number of benzene rings is 1. The topological polar surface area (TPSA) is 20.2 Å². The standard InChI is InChI=1S/C16H19FOS/c17-13-8-7-12-9-15(19-14(12)10-13)16(18)11-5-3-1-2-4-6-11/h7-11,16,18H,1-6H2. The van der Waals surface area contributed by atoms with Gasteiger partial charge in [-0.1, -0.05) is 31.7 Å². The fourth-order valence-corrected chi connectivity index (χ4v) is 4.20. The molecule has 1 fully saturated rings. The Morgan fingerprint density at radius 2 is 1.84 bits per heavy atom. The average molecular weight is 278 g/mol. The molecular formula is C16H19FOS. The van der Waals surface area contributed by atoms with Crippen LogP contribution in [-0.2, 0) is 0 Å². The molecule has 1 aromatic carbocycles. The number of rotatable bonds is 2. The van der Waals surface area contributed by atoms with Gasteiger partial charge in [-0.05, 0) is 42.3 Å². The number of hydrogen-bond donors (Lipinski definition) is 1. The molecule has 1 aliphatic rings. The summed E-state index contributed by atoms with van der Waals surface area (Å²) in [5.74, 6) is 0.172. The third-order valence-electron chi connectivity index (χ3n) is 4.14. The van der Waals surface area contributed by atoms with E-state index >= 15 is 0 Å². The highest BCUT2D eigenvalue weighted by molar-refractivity contribution is 7.19. The molecule has 1 unspecified atom stereocenters. The van der Waals surface area contributed by atoms with E-state index in [-0.39, 0.29) is 11.9 Å². The van der Waals surface area contributed by atoms with E-state index in [1.54, 1.807) is 12.1 Å². The van der Waals surface area contributed by atoms with E-state index in [9.17, 15) is 9.50 Å². The fourth-order valence-electron chi connectivity index (χ4n) is 3.03. The summed E-state index contributed by atoms with van der Waals surface area (Å²) >= 11 is 1.53. The number of fused-ring (bicyclic) bond motifs is 1. The van der Waals surface area contributed by atoms with Gasteiger partial charge < -0.3 is 5.11 Å². The number of aliphatic hydroxyl groups excluding tert-OH is 1. The molecule has 0 bridgehead atoms. The van der Waals surface area contributed by atoms with Crippen molar-refractivity contribution in [3.63, 3.8) is 0 Å². The molecule has 1 saturated carbocycles. The Morgan fingerprint density at radius 1 is 1.11 bits per heavy atom. The largest absolute Gasteiger partial charge is 0.387 e. The van der Waals surface area contributed by atoms with Crippen molar-refractivity contribution in [3.05, 3.63) is 35.0 Å². The van der Waals surface area contributed by atoms with Crippen molar-refractivity contribution >= 4 is 21.4 Å². The molecule has 102 valence electrons. The minimum absolute atomic E-state index is 0.204. The van der Waals surface area contributed by atoms with Crippen molar-refractivity contribution in [2.24, 2.45) is 5.92 Å². The summed E-state index contributed by atoms with van der Waals surface area (Å²) in [7, 11) is 0. The number of aliphatic hydroxyl groups is 1. The molecule has 3 rings (SSSR count). The second kappa shape index (κ2) is 5.59. The van der Waals surface area contributed by atoms with Crippen LogP contribution in [0.4, 0.5) is 4.39 Å². The zero-order chi connectivity index (χ0) is 13.2. The van der Waals surface area contributed by atoms with Crippen LogP contribution in [-0.4, -0.2) is 5.11 Å². The van der Waals surface area contributed by atoms with Crippen molar-refractivity contribution in [1.29, 1.82) is 0 Å². The maximum atomic E-state index is 13.2. The molecule has 1 nitrogen and oxygen atoms in total. The van der Waals surface area contributed by atoms with E-state index in [1.807, 2.05) is 6.07 Å². The molecule has 2 aromatic rings. The summed E-state index contributed by atoms with van der Waals surface area (Å²) in [6, 6.07) is 6.86. The van der Waals surface area contributed by atoms with E-state index in [0.717, 1.165) is 27.8 Å². The molecule has 0 saturated heterocycles. The van der Waals surface area contributed by atoms with Crippen LogP contribution in [0.25, 0.3) is 10.1 Å². The van der Waals surface area contributed by atoms with Gasteiger partial charge in [0.2, 0.25) is 0 Å². The number of halogens is 1. The van der Waals surface area contributed by atoms with Gasteiger partial charge in [0.1, 0.15) is 5.82 Å². The molecule has 1 aromatic heterocycles. The first kappa shape index (κ1) is 13.1. The molecular weight excluding hydrogens is 259 g/mol. The lowest BCUT2D eigenvalue weighted by Gasteiger charge is -2.19. The molecule has 1 atom stereocenters. The highest BCUT2D eigenvalue weighted by Crippen LogP contribution is 2.38. The van der Waals surface area contributed by atoms with Crippen molar-refractivity contribution in [2.75, 3.05) is 0 Å². The highest BCUT2D eigenvalue weighted by Gasteiger charge is 2.23. The lowest BCUT2D eigenvalue weighted by atomic mass is 9.93. The highest BCUT2D eigenvalue weighted by atomic mass is 32.1. The second-order valence-electron chi connectivity index (χ2n) is 5.53. The van der Waals surface area contributed by atoms with Crippen LogP contribution in [0.2, 0.25) is 0 Å². The number of thiophene rings is 1. The Morgan fingerprint density at radius 3 is 2.58 bits per heavy atom. The quantitative estimate of drug-likeness (QED) is 0.763. The van der Waals surface area contributed by atoms with Crippen LogP contribution < -0.4 is 0 Å². The molecule has 3 heteroatoms. The summed E-state index contributed by atoms with van der Waals surface area (Å²) in [6.45, 7) is 0. The first-order chi connectivity index (χ1) is 9.24. The third kappa shape index (κ3) is 2.82. The Balaban J connectivity index is 1.85. The smallest absolute Gasteiger partial charge is 0.124 e. The van der Waals surface area contributed by atoms with Crippen LogP contribution >= 0.6 is 11.3 Å². The van der Waals surface area contributed by atoms with Crippen LogP contribution in [0.15, 0.2) is 24.3 Å². The predicted octanol–water partition coefficient (Wildman–Crippen LogP) is 5.04. The van der Waals surface area contributed by atoms with Gasteiger partial charge in [-0.2, -0.15) is 0 Å². The molecule has 1 aliphatic carbocycles. The molecule has 0 aliphatic heterocycles. The molecule has 0 radical (unpaired) electrons. The molecule has 0 spiro atoms. The Hall–Kier alpha value is -0.930. The normalized spacial score (nSPS) is 19.5. The monoisotopic (exact) mass is 278 g/mol. The fraction of sp³-hybridized carbons (Fsp3) is 0.500. The first-order valence-electron chi connectivity index (χ1n) is 7.11. The van der Waals surface area contributed by atoms with Crippen molar-refractivity contribution in [1.82, 2.24) is 0 Å². The van der Waals surface area contributed by atoms with E-state index in [4.69, 9.17) is 0 Å². The van der Waals surface area contributed by atoms with Gasteiger partial charge in [0, 0.05) is 9.58 Å². The van der Waals surface area contributed by atoms with Gasteiger partial charge >= 0.3 is 0 Å². The average Bonchev–Trinajstić information content (AvgIpc) is 2.64. The maximum absolute atomic E-state index is 13.2. The summed E-state index contributed by atoms with van der Waals surface area (Å²) in [4.78, 5) is 0.993. The predicted molar refractivity (Wildman–Crippen MR) is 77.9 cm³/mol. The summed E-state index contributed by atoms with van der Waals surface area (Å²) in [5.41, 5.74) is 0. The molecule has 1 heterocycles. The molecule has 1 N–H and O–H groups in total. The summed E-state index contributed by atoms with van der Waals surface area (Å²) < 4.78 is 14.1. The van der Waals surface area contributed by atoms with Gasteiger partial charge in [-0.25, -0.2) is 4.39 Å². The van der Waals surface area contributed by atoms with Crippen LogP contribution in [0.3, 0.4) is 0 Å². The molecule has 0 amide bonds. The van der Waals surface area contributed by atoms with Gasteiger partial charge in [0.05, 0.1) is 6.10 Å². The van der Waals surface area contributed by atoms with Gasteiger partial charge in [0.15, 0.2) is 0 Å². The van der Waals surface area contributed by atoms with E-state index in [1.165, 1.54) is 43.1 Å². The molecule has 19 heavy (non-hydrogen) atoms. The second-order valence-corrected chi connectivity index (χ2v) is 6.64. The van der Waals surface area contributed by atoms with Crippen molar-refractivity contribution in [3.8, 4) is 0 Å². The van der Waals surface area contributed by atoms with Crippen molar-refractivity contribution < 1.29 is 9.50 Å². The lowest BCUT2D eigenvalue weighted by Crippen LogP contribution is -2.10. The first-order valence-corrected chi connectivity index (χ1v) is 7.93. The zero-order valence-corrected chi connectivity index (χ0v) is 11.8. The van der Waals surface area contributed by atoms with E-state index < -0.39 is 0 Å². The zero-order valence-electron chi connectivity index (χ0n) is 10.9. The lowest BCUT2D eigenvalue weighted by molar-refractivity contribution is 0.102. The Kier molecular flexibility index (Phi) is 3.85.